The predicted molar refractivity (Wildman–Crippen MR) is 92.0 cm³/mol. The first-order chi connectivity index (χ1) is 11.0. The Morgan fingerprint density at radius 2 is 1.70 bits per heavy atom. The van der Waals surface area contributed by atoms with Gasteiger partial charge in [-0.15, -0.1) is 0 Å². The van der Waals surface area contributed by atoms with Gasteiger partial charge in [0.05, 0.1) is 18.7 Å². The molecule has 0 saturated carbocycles. The fraction of sp³-hybridized carbons (Fsp3) is 0.167. The molecule has 4 rings (SSSR count). The molecule has 23 heavy (non-hydrogen) atoms. The number of aromatic nitrogens is 1. The fourth-order valence-electron chi connectivity index (χ4n) is 2.69. The number of carbonyl (C=O) groups is 1. The second-order valence-electron chi connectivity index (χ2n) is 5.33. The summed E-state index contributed by atoms with van der Waals surface area (Å²) in [4.78, 5) is 24.7. The number of hydrogen-bond donors (Lipinski definition) is 0. The van der Waals surface area contributed by atoms with Crippen molar-refractivity contribution in [1.29, 1.82) is 0 Å². The molecular weight excluding hydrogens is 310 g/mol. The molecule has 0 aliphatic carbocycles. The molecule has 0 aliphatic heterocycles. The van der Waals surface area contributed by atoms with E-state index in [1.807, 2.05) is 30.3 Å². The zero-order valence-corrected chi connectivity index (χ0v) is 13.6. The van der Waals surface area contributed by atoms with Crippen molar-refractivity contribution in [3.63, 3.8) is 0 Å². The number of nitrogens with zero attached hydrogens (tertiary/aromatic N) is 1. The maximum atomic E-state index is 12.8. The second kappa shape index (κ2) is 5.93. The van der Waals surface area contributed by atoms with Crippen LogP contribution in [0.4, 0.5) is 0 Å². The van der Waals surface area contributed by atoms with Gasteiger partial charge in [-0.2, -0.15) is 0 Å². The van der Waals surface area contributed by atoms with Crippen molar-refractivity contribution in [3.8, 4) is 5.69 Å². The van der Waals surface area contributed by atoms with E-state index in [0.29, 0.717) is 21.3 Å². The maximum absolute atomic E-state index is 12.8. The van der Waals surface area contributed by atoms with E-state index in [4.69, 9.17) is 17.0 Å². The van der Waals surface area contributed by atoms with Crippen molar-refractivity contribution in [1.82, 2.24) is 4.57 Å². The van der Waals surface area contributed by atoms with Gasteiger partial charge in [0.2, 0.25) is 0 Å². The molecule has 0 radical (unpaired) electrons. The zero-order chi connectivity index (χ0) is 16.6. The molecule has 0 N–H and O–H groups in total. The second-order valence-corrected chi connectivity index (χ2v) is 5.71. The summed E-state index contributed by atoms with van der Waals surface area (Å²) in [6, 6.07) is 14.5. The van der Waals surface area contributed by atoms with Gasteiger partial charge in [0.25, 0.3) is 5.56 Å². The summed E-state index contributed by atoms with van der Waals surface area (Å²) in [5.74, 6) is -0.853. The monoisotopic (exact) mass is 325 g/mol. The van der Waals surface area contributed by atoms with Gasteiger partial charge in [-0.1, -0.05) is 42.5 Å². The lowest BCUT2D eigenvalue weighted by Crippen LogP contribution is -2.20. The molecule has 0 amide bonds. The molecule has 0 saturated heterocycles. The Balaban J connectivity index is 2.36. The first-order valence-electron chi connectivity index (χ1n) is 7.20. The number of methoxy groups -OCH3 is 1. The molecule has 2 aromatic heterocycles. The van der Waals surface area contributed by atoms with E-state index < -0.39 is 5.92 Å². The van der Waals surface area contributed by atoms with Gasteiger partial charge < -0.3 is 4.74 Å². The number of para-hydroxylation sites is 1. The van der Waals surface area contributed by atoms with Gasteiger partial charge in [-0.25, -0.2) is 0 Å². The molecule has 2 aromatic carbocycles. The number of rotatable bonds is 3. The van der Waals surface area contributed by atoms with Crippen LogP contribution in [-0.4, -0.2) is 17.6 Å². The van der Waals surface area contributed by atoms with Crippen LogP contribution in [0.15, 0.2) is 53.3 Å². The quantitative estimate of drug-likeness (QED) is 0.547. The smallest absolute Gasteiger partial charge is 0.312 e. The SMILES string of the molecule is COC(=O)C(C)c1ccccc1-n1c(=O)c2ccc(cc2)c1=S. The lowest BCUT2D eigenvalue weighted by molar-refractivity contribution is -0.141. The van der Waals surface area contributed by atoms with Crippen LogP contribution >= 0.6 is 12.2 Å². The van der Waals surface area contributed by atoms with Crippen molar-refractivity contribution in [3.05, 3.63) is 69.1 Å². The number of carbonyl (C=O) groups excluding carboxylic acids is 1. The summed E-state index contributed by atoms with van der Waals surface area (Å²) < 4.78 is 6.76. The molecule has 4 nitrogen and oxygen atoms in total. The van der Waals surface area contributed by atoms with Crippen LogP contribution in [0, 0.1) is 4.64 Å². The van der Waals surface area contributed by atoms with Crippen LogP contribution in [0.1, 0.15) is 18.4 Å². The van der Waals surface area contributed by atoms with E-state index in [2.05, 4.69) is 0 Å². The lowest BCUT2D eigenvalue weighted by atomic mass is 9.99. The van der Waals surface area contributed by atoms with Crippen LogP contribution in [0.5, 0.6) is 0 Å². The summed E-state index contributed by atoms with van der Waals surface area (Å²) in [5, 5.41) is 1.37. The van der Waals surface area contributed by atoms with Crippen molar-refractivity contribution >= 4 is 29.0 Å². The Labute approximate surface area is 138 Å². The number of esters is 1. The Morgan fingerprint density at radius 1 is 1.09 bits per heavy atom. The van der Waals surface area contributed by atoms with Crippen molar-refractivity contribution in [2.75, 3.05) is 7.11 Å². The Bertz CT molecular complexity index is 926. The van der Waals surface area contributed by atoms with Gasteiger partial charge in [-0.3, -0.25) is 14.2 Å². The summed E-state index contributed by atoms with van der Waals surface area (Å²) in [6.45, 7) is 1.75. The minimum absolute atomic E-state index is 0.195. The number of ether oxygens (including phenoxy) is 1. The fourth-order valence-corrected chi connectivity index (χ4v) is 3.00. The van der Waals surface area contributed by atoms with Crippen molar-refractivity contribution in [2.24, 2.45) is 0 Å². The van der Waals surface area contributed by atoms with Crippen LogP contribution in [0.25, 0.3) is 16.5 Å². The molecule has 2 heterocycles. The third-order valence-electron chi connectivity index (χ3n) is 3.98. The molecule has 0 aliphatic rings. The molecule has 1 atom stereocenters. The molecule has 0 spiro atoms. The highest BCUT2D eigenvalue weighted by Gasteiger charge is 2.20. The van der Waals surface area contributed by atoms with Crippen LogP contribution in [0.2, 0.25) is 0 Å². The van der Waals surface area contributed by atoms with Crippen LogP contribution in [-0.2, 0) is 9.53 Å². The highest BCUT2D eigenvalue weighted by Crippen LogP contribution is 2.24. The summed E-state index contributed by atoms with van der Waals surface area (Å²) in [6.07, 6.45) is 0. The highest BCUT2D eigenvalue weighted by molar-refractivity contribution is 7.71. The number of fused-ring (bicyclic) bond motifs is 4. The summed E-state index contributed by atoms with van der Waals surface area (Å²) >= 11 is 5.50. The third kappa shape index (κ3) is 2.53. The molecule has 0 fully saturated rings. The van der Waals surface area contributed by atoms with E-state index in [0.717, 1.165) is 5.39 Å². The normalized spacial score (nSPS) is 12.3. The summed E-state index contributed by atoms with van der Waals surface area (Å²) in [5.41, 5.74) is 1.12. The molecule has 116 valence electrons. The van der Waals surface area contributed by atoms with E-state index in [9.17, 15) is 9.59 Å². The van der Waals surface area contributed by atoms with Gasteiger partial charge >= 0.3 is 5.97 Å². The van der Waals surface area contributed by atoms with Crippen LogP contribution in [0.3, 0.4) is 0 Å². The van der Waals surface area contributed by atoms with E-state index in [-0.39, 0.29) is 11.5 Å². The predicted octanol–water partition coefficient (Wildman–Crippen LogP) is 3.43. The average molecular weight is 325 g/mol. The lowest BCUT2D eigenvalue weighted by Gasteiger charge is -2.15. The first-order valence-corrected chi connectivity index (χ1v) is 7.61. The van der Waals surface area contributed by atoms with Gasteiger partial charge in [0, 0.05) is 10.8 Å². The first kappa shape index (κ1) is 15.4. The molecule has 2 bridgehead atoms. The molecule has 1 unspecified atom stereocenters. The number of benzene rings is 2. The zero-order valence-electron chi connectivity index (χ0n) is 12.8. The van der Waals surface area contributed by atoms with Crippen LogP contribution < -0.4 is 5.56 Å². The largest absolute Gasteiger partial charge is 0.469 e. The maximum Gasteiger partial charge on any atom is 0.312 e. The molecule has 5 heteroatoms. The Kier molecular flexibility index (Phi) is 3.96. The Hall–Kier alpha value is -2.53. The standard InChI is InChI=1S/C18H15NO3S/c1-11(18(21)22-2)14-5-3-4-6-15(14)19-16(20)12-7-9-13(10-8-12)17(19)23/h3-11H,1-2H3. The topological polar surface area (TPSA) is 48.3 Å². The van der Waals surface area contributed by atoms with Crippen molar-refractivity contribution < 1.29 is 9.53 Å². The third-order valence-corrected chi connectivity index (χ3v) is 4.40. The molecule has 4 aromatic rings. The van der Waals surface area contributed by atoms with E-state index >= 15 is 0 Å². The summed E-state index contributed by atoms with van der Waals surface area (Å²) in [7, 11) is 1.35. The molecular formula is C18H15NO3S. The van der Waals surface area contributed by atoms with E-state index in [1.165, 1.54) is 11.7 Å². The minimum atomic E-state index is -0.497. The highest BCUT2D eigenvalue weighted by atomic mass is 32.1. The average Bonchev–Trinajstić information content (AvgIpc) is 2.78. The van der Waals surface area contributed by atoms with Gasteiger partial charge in [0.1, 0.15) is 4.64 Å². The number of hydrogen-bond acceptors (Lipinski definition) is 4. The van der Waals surface area contributed by atoms with E-state index in [1.54, 1.807) is 25.1 Å². The van der Waals surface area contributed by atoms with Gasteiger partial charge in [-0.05, 0) is 30.7 Å². The Morgan fingerprint density at radius 3 is 2.35 bits per heavy atom. The van der Waals surface area contributed by atoms with Gasteiger partial charge in [0.15, 0.2) is 0 Å². The minimum Gasteiger partial charge on any atom is -0.469 e. The van der Waals surface area contributed by atoms with Crippen molar-refractivity contribution in [2.45, 2.75) is 12.8 Å².